The Bertz CT molecular complexity index is 1050. The normalized spacial score (nSPS) is 18.0. The lowest BCUT2D eigenvalue weighted by Gasteiger charge is -2.32. The number of ether oxygens (including phenoxy) is 3. The molecule has 33 heavy (non-hydrogen) atoms. The van der Waals surface area contributed by atoms with E-state index in [-0.39, 0.29) is 18.5 Å². The van der Waals surface area contributed by atoms with Crippen molar-refractivity contribution >= 4 is 21.7 Å². The monoisotopic (exact) mass is 509 g/mol. The number of Topliss-reactive ketones (excluding diaryl/α,β-unsaturated/α-hetero) is 1. The van der Waals surface area contributed by atoms with Gasteiger partial charge in [0.2, 0.25) is 5.78 Å². The average molecular weight is 510 g/mol. The Morgan fingerprint density at radius 3 is 2.55 bits per heavy atom. The second kappa shape index (κ2) is 11.5. The summed E-state index contributed by atoms with van der Waals surface area (Å²) in [4.78, 5) is 12.5. The van der Waals surface area contributed by atoms with Crippen LogP contribution in [0.5, 0.6) is 11.5 Å². The van der Waals surface area contributed by atoms with Gasteiger partial charge >= 0.3 is 0 Å². The molecule has 6 heteroatoms. The third-order valence-corrected chi connectivity index (χ3v) is 6.42. The maximum Gasteiger partial charge on any atom is 0.203 e. The van der Waals surface area contributed by atoms with E-state index >= 15 is 0 Å². The highest BCUT2D eigenvalue weighted by Crippen LogP contribution is 2.30. The van der Waals surface area contributed by atoms with Gasteiger partial charge in [-0.25, -0.2) is 0 Å². The van der Waals surface area contributed by atoms with E-state index < -0.39 is 0 Å². The van der Waals surface area contributed by atoms with Gasteiger partial charge in [-0.05, 0) is 60.5 Å². The van der Waals surface area contributed by atoms with E-state index in [1.165, 1.54) is 5.56 Å². The van der Waals surface area contributed by atoms with Gasteiger partial charge in [0.1, 0.15) is 11.5 Å². The second-order valence-electron chi connectivity index (χ2n) is 8.06. The number of para-hydroxylation sites is 1. The second-order valence-corrected chi connectivity index (χ2v) is 8.97. The van der Waals surface area contributed by atoms with Gasteiger partial charge in [0.15, 0.2) is 6.61 Å². The molecule has 1 heterocycles. The minimum Gasteiger partial charge on any atom is -0.496 e. The number of hydrogen-bond acceptors (Lipinski definition) is 5. The third-order valence-electron chi connectivity index (χ3n) is 5.89. The summed E-state index contributed by atoms with van der Waals surface area (Å²) in [7, 11) is 1.56. The number of halogens is 1. The zero-order valence-corrected chi connectivity index (χ0v) is 20.2. The first-order chi connectivity index (χ1) is 16.1. The molecule has 0 spiro atoms. The SMILES string of the molecule is COc1ccccc1C(=O)COc1ccc([C@H]2CCNC[C@@H]2OCc2ccc(Br)cc2)cc1. The van der Waals surface area contributed by atoms with Crippen molar-refractivity contribution in [3.05, 3.63) is 94.0 Å². The quantitative estimate of drug-likeness (QED) is 0.392. The van der Waals surface area contributed by atoms with Crippen LogP contribution in [0.4, 0.5) is 0 Å². The molecule has 1 aliphatic heterocycles. The van der Waals surface area contributed by atoms with Crippen LogP contribution in [0.3, 0.4) is 0 Å². The smallest absolute Gasteiger partial charge is 0.203 e. The number of rotatable bonds is 9. The summed E-state index contributed by atoms with van der Waals surface area (Å²) >= 11 is 3.47. The zero-order valence-electron chi connectivity index (χ0n) is 18.6. The summed E-state index contributed by atoms with van der Waals surface area (Å²) in [5, 5.41) is 3.44. The van der Waals surface area contributed by atoms with Crippen LogP contribution in [-0.2, 0) is 11.3 Å². The van der Waals surface area contributed by atoms with Gasteiger partial charge in [0, 0.05) is 16.9 Å². The molecule has 5 nitrogen and oxygen atoms in total. The highest BCUT2D eigenvalue weighted by molar-refractivity contribution is 9.10. The van der Waals surface area contributed by atoms with Crippen molar-refractivity contribution < 1.29 is 19.0 Å². The number of piperidine rings is 1. The number of ketones is 1. The molecule has 1 fully saturated rings. The summed E-state index contributed by atoms with van der Waals surface area (Å²) in [6, 6.07) is 23.4. The maximum absolute atomic E-state index is 12.5. The largest absolute Gasteiger partial charge is 0.496 e. The van der Waals surface area contributed by atoms with Crippen molar-refractivity contribution in [2.24, 2.45) is 0 Å². The van der Waals surface area contributed by atoms with E-state index in [0.717, 1.165) is 29.5 Å². The van der Waals surface area contributed by atoms with E-state index in [1.54, 1.807) is 19.2 Å². The molecule has 3 aromatic rings. The van der Waals surface area contributed by atoms with Crippen LogP contribution in [0.15, 0.2) is 77.3 Å². The van der Waals surface area contributed by atoms with Gasteiger partial charge in [-0.15, -0.1) is 0 Å². The first kappa shape index (κ1) is 23.5. The van der Waals surface area contributed by atoms with E-state index in [0.29, 0.717) is 29.6 Å². The number of benzene rings is 3. The van der Waals surface area contributed by atoms with Crippen LogP contribution >= 0.6 is 15.9 Å². The van der Waals surface area contributed by atoms with Crippen molar-refractivity contribution in [2.75, 3.05) is 26.8 Å². The topological polar surface area (TPSA) is 56.8 Å². The Hall–Kier alpha value is -2.67. The highest BCUT2D eigenvalue weighted by Gasteiger charge is 2.27. The Morgan fingerprint density at radius 2 is 1.79 bits per heavy atom. The van der Waals surface area contributed by atoms with Crippen LogP contribution in [0.1, 0.15) is 33.8 Å². The molecule has 2 atom stereocenters. The summed E-state index contributed by atoms with van der Waals surface area (Å²) < 4.78 is 18.4. The molecule has 0 unspecified atom stereocenters. The number of nitrogens with one attached hydrogen (secondary N) is 1. The van der Waals surface area contributed by atoms with Crippen LogP contribution in [0.2, 0.25) is 0 Å². The number of carbonyl (C=O) groups is 1. The third kappa shape index (κ3) is 6.22. The minimum absolute atomic E-state index is 0.0357. The van der Waals surface area contributed by atoms with Crippen molar-refractivity contribution in [1.29, 1.82) is 0 Å². The van der Waals surface area contributed by atoms with E-state index in [4.69, 9.17) is 14.2 Å². The predicted octanol–water partition coefficient (Wildman–Crippen LogP) is 5.38. The Morgan fingerprint density at radius 1 is 1.03 bits per heavy atom. The number of methoxy groups -OCH3 is 1. The standard InChI is InChI=1S/C27H28BrNO4/c1-31-26-5-3-2-4-24(26)25(30)18-32-22-12-8-20(9-13-22)23-14-15-29-16-27(23)33-17-19-6-10-21(28)11-7-19/h2-13,23,27,29H,14-18H2,1H3/t23-,27+/m1/s1. The molecule has 0 radical (unpaired) electrons. The first-order valence-corrected chi connectivity index (χ1v) is 11.9. The summed E-state index contributed by atoms with van der Waals surface area (Å²) in [5.41, 5.74) is 2.91. The van der Waals surface area contributed by atoms with Crippen LogP contribution < -0.4 is 14.8 Å². The van der Waals surface area contributed by atoms with Gasteiger partial charge in [-0.2, -0.15) is 0 Å². The molecular weight excluding hydrogens is 482 g/mol. The Labute approximate surface area is 203 Å². The van der Waals surface area contributed by atoms with E-state index in [1.807, 2.05) is 36.4 Å². The number of carbonyl (C=O) groups excluding carboxylic acids is 1. The fourth-order valence-corrected chi connectivity index (χ4v) is 4.35. The van der Waals surface area contributed by atoms with Crippen LogP contribution in [0, 0.1) is 0 Å². The van der Waals surface area contributed by atoms with E-state index in [2.05, 4.69) is 45.5 Å². The number of hydrogen-bond donors (Lipinski definition) is 1. The zero-order chi connectivity index (χ0) is 23.0. The Kier molecular flexibility index (Phi) is 8.15. The molecule has 1 saturated heterocycles. The molecule has 0 saturated carbocycles. The fraction of sp³-hybridized carbons (Fsp3) is 0.296. The van der Waals surface area contributed by atoms with Crippen LogP contribution in [0.25, 0.3) is 0 Å². The minimum atomic E-state index is -0.115. The summed E-state index contributed by atoms with van der Waals surface area (Å²) in [6.07, 6.45) is 1.11. The Balaban J connectivity index is 1.35. The molecule has 0 aromatic heterocycles. The van der Waals surface area contributed by atoms with Gasteiger partial charge in [0.05, 0.1) is 25.4 Å². The van der Waals surface area contributed by atoms with Gasteiger partial charge in [0.25, 0.3) is 0 Å². The summed E-state index contributed by atoms with van der Waals surface area (Å²) in [5.74, 6) is 1.42. The van der Waals surface area contributed by atoms with Crippen molar-refractivity contribution in [3.8, 4) is 11.5 Å². The van der Waals surface area contributed by atoms with Crippen molar-refractivity contribution in [1.82, 2.24) is 5.32 Å². The van der Waals surface area contributed by atoms with Gasteiger partial charge < -0.3 is 19.5 Å². The lowest BCUT2D eigenvalue weighted by molar-refractivity contribution is 0.0106. The highest BCUT2D eigenvalue weighted by atomic mass is 79.9. The summed E-state index contributed by atoms with van der Waals surface area (Å²) in [6.45, 7) is 2.34. The van der Waals surface area contributed by atoms with Crippen molar-refractivity contribution in [3.63, 3.8) is 0 Å². The van der Waals surface area contributed by atoms with Gasteiger partial charge in [-0.3, -0.25) is 4.79 Å². The van der Waals surface area contributed by atoms with E-state index in [9.17, 15) is 4.79 Å². The molecule has 0 amide bonds. The average Bonchev–Trinajstić information content (AvgIpc) is 2.87. The molecular formula is C27H28BrNO4. The molecule has 3 aromatic carbocycles. The maximum atomic E-state index is 12.5. The van der Waals surface area contributed by atoms with Gasteiger partial charge in [-0.1, -0.05) is 52.3 Å². The van der Waals surface area contributed by atoms with Crippen molar-refractivity contribution in [2.45, 2.75) is 25.0 Å². The molecule has 1 aliphatic rings. The molecule has 4 rings (SSSR count). The lowest BCUT2D eigenvalue weighted by Crippen LogP contribution is -2.40. The predicted molar refractivity (Wildman–Crippen MR) is 132 cm³/mol. The first-order valence-electron chi connectivity index (χ1n) is 11.1. The lowest BCUT2D eigenvalue weighted by atomic mass is 9.87. The fourth-order valence-electron chi connectivity index (χ4n) is 4.08. The molecule has 0 aliphatic carbocycles. The molecule has 172 valence electrons. The molecule has 0 bridgehead atoms. The molecule has 1 N–H and O–H groups in total. The van der Waals surface area contributed by atoms with Crippen LogP contribution in [-0.4, -0.2) is 38.7 Å².